The van der Waals surface area contributed by atoms with Crippen LogP contribution in [-0.4, -0.2) is 17.9 Å². The zero-order valence-corrected chi connectivity index (χ0v) is 13.6. The number of hydrogen-bond donors (Lipinski definition) is 0. The average Bonchev–Trinajstić information content (AvgIpc) is 2.45. The summed E-state index contributed by atoms with van der Waals surface area (Å²) < 4.78 is 10.7. The van der Waals surface area contributed by atoms with Gasteiger partial charge in [0, 0.05) is 0 Å². The number of carbonyl (C=O) groups is 1. The maximum absolute atomic E-state index is 11.5. The molecule has 1 aromatic carbocycles. The topological polar surface area (TPSA) is 35.5 Å². The van der Waals surface area contributed by atoms with Gasteiger partial charge in [0.15, 0.2) is 0 Å². The Morgan fingerprint density at radius 1 is 1.30 bits per heavy atom. The monoisotopic (exact) mass is 340 g/mol. The second-order valence-corrected chi connectivity index (χ2v) is 4.87. The molecule has 4 heteroatoms. The predicted molar refractivity (Wildman–Crippen MR) is 84.2 cm³/mol. The van der Waals surface area contributed by atoms with Crippen LogP contribution in [0.25, 0.3) is 0 Å². The van der Waals surface area contributed by atoms with E-state index in [0.29, 0.717) is 17.7 Å². The van der Waals surface area contributed by atoms with Gasteiger partial charge in [-0.25, -0.2) is 4.79 Å². The van der Waals surface area contributed by atoms with E-state index in [1.165, 1.54) is 6.08 Å². The quantitative estimate of drug-likeness (QED) is 0.307. The molecule has 0 amide bonds. The molecule has 0 aliphatic carbocycles. The lowest BCUT2D eigenvalue weighted by Gasteiger charge is -2.12. The minimum Gasteiger partial charge on any atom is -0.463 e. The Labute approximate surface area is 129 Å². The number of carbonyl (C=O) groups excluding carboxylic acids is 1. The summed E-state index contributed by atoms with van der Waals surface area (Å²) in [5.41, 5.74) is 1.16. The van der Waals surface area contributed by atoms with Crippen molar-refractivity contribution in [2.75, 3.05) is 11.9 Å². The zero-order valence-electron chi connectivity index (χ0n) is 12.0. The average molecular weight is 341 g/mol. The van der Waals surface area contributed by atoms with E-state index in [4.69, 9.17) is 9.47 Å². The number of para-hydroxylation sites is 1. The van der Waals surface area contributed by atoms with Crippen molar-refractivity contribution in [2.24, 2.45) is 0 Å². The van der Waals surface area contributed by atoms with E-state index in [2.05, 4.69) is 28.9 Å². The molecule has 0 saturated heterocycles. The van der Waals surface area contributed by atoms with Crippen molar-refractivity contribution in [3.63, 3.8) is 0 Å². The van der Waals surface area contributed by atoms with Crippen LogP contribution in [0.5, 0.6) is 5.75 Å². The molecule has 0 fully saturated rings. The van der Waals surface area contributed by atoms with Crippen LogP contribution in [0.2, 0.25) is 0 Å². The Morgan fingerprint density at radius 3 is 2.70 bits per heavy atom. The lowest BCUT2D eigenvalue weighted by Crippen LogP contribution is -2.06. The third-order valence-electron chi connectivity index (χ3n) is 2.71. The van der Waals surface area contributed by atoms with Crippen LogP contribution in [0.1, 0.15) is 32.3 Å². The van der Waals surface area contributed by atoms with Crippen LogP contribution in [-0.2, 0) is 16.0 Å². The summed E-state index contributed by atoms with van der Waals surface area (Å²) in [6.07, 6.45) is 4.61. The van der Waals surface area contributed by atoms with E-state index in [1.54, 1.807) is 6.92 Å². The van der Waals surface area contributed by atoms with Crippen LogP contribution in [0.15, 0.2) is 36.1 Å². The summed E-state index contributed by atoms with van der Waals surface area (Å²) >= 11 is 3.33. The fourth-order valence-electron chi connectivity index (χ4n) is 1.73. The highest BCUT2D eigenvalue weighted by Gasteiger charge is 2.08. The number of alkyl halides is 1. The molecule has 1 rings (SSSR count). The van der Waals surface area contributed by atoms with Crippen LogP contribution in [0, 0.1) is 0 Å². The first-order chi connectivity index (χ1) is 9.71. The predicted octanol–water partition coefficient (Wildman–Crippen LogP) is 4.25. The smallest absolute Gasteiger partial charge is 0.334 e. The van der Waals surface area contributed by atoms with Gasteiger partial charge in [-0.1, -0.05) is 47.5 Å². The molecular formula is C16H21BrO3. The molecule has 20 heavy (non-hydrogen) atoms. The van der Waals surface area contributed by atoms with Crippen molar-refractivity contribution in [3.05, 3.63) is 41.7 Å². The molecule has 110 valence electrons. The number of allylic oxidation sites excluding steroid dienone is 1. The molecule has 0 radical (unpaired) electrons. The molecule has 0 heterocycles. The van der Waals surface area contributed by atoms with Crippen LogP contribution in [0.4, 0.5) is 0 Å². The van der Waals surface area contributed by atoms with Crippen molar-refractivity contribution in [3.8, 4) is 5.75 Å². The molecule has 0 atom stereocenters. The first-order valence-electron chi connectivity index (χ1n) is 6.90. The van der Waals surface area contributed by atoms with Gasteiger partial charge in [0.2, 0.25) is 0 Å². The maximum Gasteiger partial charge on any atom is 0.334 e. The Kier molecular flexibility index (Phi) is 8.04. The molecule has 0 spiro atoms. The molecule has 0 bridgehead atoms. The van der Waals surface area contributed by atoms with E-state index in [-0.39, 0.29) is 5.97 Å². The zero-order chi connectivity index (χ0) is 14.8. The van der Waals surface area contributed by atoms with E-state index in [0.717, 1.165) is 30.6 Å². The van der Waals surface area contributed by atoms with Crippen molar-refractivity contribution >= 4 is 21.9 Å². The number of ether oxygens (including phenoxy) is 2. The third kappa shape index (κ3) is 5.78. The number of esters is 1. The van der Waals surface area contributed by atoms with Gasteiger partial charge in [-0.3, -0.25) is 0 Å². The fourth-order valence-corrected chi connectivity index (χ4v) is 2.01. The third-order valence-corrected chi connectivity index (χ3v) is 3.26. The number of halogens is 1. The first-order valence-corrected chi connectivity index (χ1v) is 8.02. The van der Waals surface area contributed by atoms with Gasteiger partial charge in [0.25, 0.3) is 0 Å². The molecule has 0 unspecified atom stereocenters. The minimum absolute atomic E-state index is 0.359. The lowest BCUT2D eigenvalue weighted by molar-refractivity contribution is -0.137. The molecule has 3 nitrogen and oxygen atoms in total. The second kappa shape index (κ2) is 9.59. The SMILES string of the molecule is CCCCc1ccccc1O/C(=C\C(=O)OCC)CBr. The van der Waals surface area contributed by atoms with Crippen LogP contribution < -0.4 is 4.74 Å². The van der Waals surface area contributed by atoms with Crippen LogP contribution >= 0.6 is 15.9 Å². The summed E-state index contributed by atoms with van der Waals surface area (Å²) in [7, 11) is 0. The first kappa shape index (κ1) is 16.8. The summed E-state index contributed by atoms with van der Waals surface area (Å²) in [6, 6.07) is 7.91. The van der Waals surface area contributed by atoms with Gasteiger partial charge in [-0.15, -0.1) is 0 Å². The summed E-state index contributed by atoms with van der Waals surface area (Å²) in [6.45, 7) is 4.30. The number of rotatable bonds is 8. The van der Waals surface area contributed by atoms with Gasteiger partial charge in [0.1, 0.15) is 11.5 Å². The number of unbranched alkanes of at least 4 members (excludes halogenated alkanes) is 1. The largest absolute Gasteiger partial charge is 0.463 e. The highest BCUT2D eigenvalue weighted by Crippen LogP contribution is 2.23. The standard InChI is InChI=1S/C16H21BrO3/c1-3-5-8-13-9-6-7-10-15(13)20-14(12-17)11-16(18)19-4-2/h6-7,9-11H,3-5,8,12H2,1-2H3/b14-11-. The Morgan fingerprint density at radius 2 is 2.05 bits per heavy atom. The van der Waals surface area contributed by atoms with Gasteiger partial charge < -0.3 is 9.47 Å². The van der Waals surface area contributed by atoms with Crippen molar-refractivity contribution in [2.45, 2.75) is 33.1 Å². The summed E-state index contributed by atoms with van der Waals surface area (Å²) in [4.78, 5) is 11.5. The van der Waals surface area contributed by atoms with E-state index < -0.39 is 0 Å². The number of benzene rings is 1. The van der Waals surface area contributed by atoms with Crippen molar-refractivity contribution in [1.29, 1.82) is 0 Å². The Bertz CT molecular complexity index is 455. The molecule has 0 aliphatic heterocycles. The molecule has 1 aromatic rings. The van der Waals surface area contributed by atoms with Crippen molar-refractivity contribution < 1.29 is 14.3 Å². The summed E-state index contributed by atoms with van der Waals surface area (Å²) in [5.74, 6) is 0.969. The van der Waals surface area contributed by atoms with E-state index >= 15 is 0 Å². The minimum atomic E-state index is -0.381. The number of aryl methyl sites for hydroxylation is 1. The fraction of sp³-hybridized carbons (Fsp3) is 0.438. The lowest BCUT2D eigenvalue weighted by atomic mass is 10.1. The van der Waals surface area contributed by atoms with E-state index in [9.17, 15) is 4.79 Å². The van der Waals surface area contributed by atoms with Gasteiger partial charge >= 0.3 is 5.97 Å². The van der Waals surface area contributed by atoms with Crippen molar-refractivity contribution in [1.82, 2.24) is 0 Å². The van der Waals surface area contributed by atoms with Gasteiger partial charge in [0.05, 0.1) is 18.0 Å². The maximum atomic E-state index is 11.5. The highest BCUT2D eigenvalue weighted by atomic mass is 79.9. The van der Waals surface area contributed by atoms with Crippen LogP contribution in [0.3, 0.4) is 0 Å². The molecule has 0 N–H and O–H groups in total. The van der Waals surface area contributed by atoms with E-state index in [1.807, 2.05) is 18.2 Å². The highest BCUT2D eigenvalue weighted by molar-refractivity contribution is 9.09. The summed E-state index contributed by atoms with van der Waals surface area (Å²) in [5, 5.41) is 0.466. The Hall–Kier alpha value is -1.29. The molecule has 0 aromatic heterocycles. The van der Waals surface area contributed by atoms with Gasteiger partial charge in [-0.2, -0.15) is 0 Å². The van der Waals surface area contributed by atoms with Gasteiger partial charge in [-0.05, 0) is 31.4 Å². The Balaban J connectivity index is 2.81. The molecule has 0 saturated carbocycles. The molecular weight excluding hydrogens is 320 g/mol. The normalized spacial score (nSPS) is 11.2. The number of hydrogen-bond acceptors (Lipinski definition) is 3. The molecule has 0 aliphatic rings. The second-order valence-electron chi connectivity index (χ2n) is 4.31.